The number of rotatable bonds is 10. The van der Waals surface area contributed by atoms with Crippen molar-refractivity contribution in [1.82, 2.24) is 9.80 Å². The number of piperidine rings is 1. The number of aryl methyl sites for hydroxylation is 1. The summed E-state index contributed by atoms with van der Waals surface area (Å²) < 4.78 is 0. The number of carboxylic acid groups (broad SMARTS) is 1. The van der Waals surface area contributed by atoms with Gasteiger partial charge in [0.2, 0.25) is 0 Å². The first-order valence-corrected chi connectivity index (χ1v) is 15.4. The van der Waals surface area contributed by atoms with Crippen molar-refractivity contribution in [3.8, 4) is 0 Å². The molecule has 5 rings (SSSR count). The Morgan fingerprint density at radius 2 is 1.53 bits per heavy atom. The van der Waals surface area contributed by atoms with E-state index in [-0.39, 0.29) is 6.04 Å². The zero-order chi connectivity index (χ0) is 26.3. The van der Waals surface area contributed by atoms with E-state index in [1.54, 1.807) is 0 Å². The molecule has 38 heavy (non-hydrogen) atoms. The number of likely N-dealkylation sites (tertiary alicyclic amines) is 2. The Labute approximate surface area is 230 Å². The molecule has 0 radical (unpaired) electrons. The quantitative estimate of drug-likeness (QED) is 0.381. The van der Waals surface area contributed by atoms with Crippen LogP contribution < -0.4 is 0 Å². The van der Waals surface area contributed by atoms with Gasteiger partial charge in [-0.3, -0.25) is 9.69 Å². The van der Waals surface area contributed by atoms with Crippen LogP contribution in [0.15, 0.2) is 60.7 Å². The lowest BCUT2D eigenvalue weighted by molar-refractivity contribution is -0.145. The van der Waals surface area contributed by atoms with Gasteiger partial charge in [0.25, 0.3) is 0 Å². The van der Waals surface area contributed by atoms with Crippen molar-refractivity contribution in [3.63, 3.8) is 0 Å². The molecule has 2 aliphatic heterocycles. The van der Waals surface area contributed by atoms with Gasteiger partial charge < -0.3 is 10.0 Å². The third-order valence-electron chi connectivity index (χ3n) is 10.1. The van der Waals surface area contributed by atoms with Crippen molar-refractivity contribution in [1.29, 1.82) is 0 Å². The largest absolute Gasteiger partial charge is 0.480 e. The zero-order valence-corrected chi connectivity index (χ0v) is 23.4. The molecule has 3 aliphatic rings. The van der Waals surface area contributed by atoms with Gasteiger partial charge in [0.15, 0.2) is 0 Å². The second-order valence-electron chi connectivity index (χ2n) is 12.6. The number of hydrogen-bond donors (Lipinski definition) is 1. The molecular weight excluding hydrogens is 468 g/mol. The number of carbonyl (C=O) groups is 1. The van der Waals surface area contributed by atoms with E-state index in [1.165, 1.54) is 69.2 Å². The van der Waals surface area contributed by atoms with Crippen LogP contribution in [0.5, 0.6) is 0 Å². The minimum atomic E-state index is -0.602. The summed E-state index contributed by atoms with van der Waals surface area (Å²) >= 11 is 0. The zero-order valence-electron chi connectivity index (χ0n) is 23.4. The highest BCUT2D eigenvalue weighted by molar-refractivity contribution is 5.74. The summed E-state index contributed by atoms with van der Waals surface area (Å²) in [6.07, 6.45) is 10.8. The summed E-state index contributed by atoms with van der Waals surface area (Å²) in [5.41, 5.74) is 2.85. The Kier molecular flexibility index (Phi) is 9.56. The van der Waals surface area contributed by atoms with Crippen molar-refractivity contribution in [3.05, 3.63) is 71.8 Å². The molecule has 3 fully saturated rings. The van der Waals surface area contributed by atoms with E-state index in [4.69, 9.17) is 0 Å². The molecule has 2 saturated heterocycles. The Bertz CT molecular complexity index is 982. The fourth-order valence-corrected chi connectivity index (χ4v) is 7.81. The van der Waals surface area contributed by atoms with Crippen LogP contribution in [0, 0.1) is 23.7 Å². The van der Waals surface area contributed by atoms with Crippen LogP contribution in [0.1, 0.15) is 75.3 Å². The maximum absolute atomic E-state index is 12.5. The minimum Gasteiger partial charge on any atom is -0.480 e. The topological polar surface area (TPSA) is 43.8 Å². The number of benzene rings is 2. The van der Waals surface area contributed by atoms with Gasteiger partial charge in [-0.15, -0.1) is 0 Å². The van der Waals surface area contributed by atoms with Crippen LogP contribution in [0.3, 0.4) is 0 Å². The Morgan fingerprint density at radius 1 is 0.868 bits per heavy atom. The summed E-state index contributed by atoms with van der Waals surface area (Å²) in [6.45, 7) is 7.72. The van der Waals surface area contributed by atoms with Gasteiger partial charge in [0.05, 0.1) is 0 Å². The summed E-state index contributed by atoms with van der Waals surface area (Å²) in [6, 6.07) is 21.5. The fraction of sp³-hybridized carbons (Fsp3) is 0.618. The van der Waals surface area contributed by atoms with E-state index in [0.717, 1.165) is 44.3 Å². The van der Waals surface area contributed by atoms with Gasteiger partial charge in [-0.1, -0.05) is 86.8 Å². The first kappa shape index (κ1) is 27.4. The van der Waals surface area contributed by atoms with Crippen molar-refractivity contribution in [2.24, 2.45) is 23.7 Å². The molecular formula is C34H48N2O2. The Balaban J connectivity index is 1.19. The first-order valence-electron chi connectivity index (χ1n) is 15.4. The van der Waals surface area contributed by atoms with E-state index in [1.807, 2.05) is 0 Å². The minimum absolute atomic E-state index is 0.310. The lowest BCUT2D eigenvalue weighted by atomic mass is 9.81. The molecule has 0 unspecified atom stereocenters. The Morgan fingerprint density at radius 3 is 2.18 bits per heavy atom. The lowest BCUT2D eigenvalue weighted by Gasteiger charge is -2.37. The molecule has 4 heteroatoms. The molecule has 0 spiro atoms. The van der Waals surface area contributed by atoms with Crippen LogP contribution >= 0.6 is 0 Å². The van der Waals surface area contributed by atoms with E-state index >= 15 is 0 Å². The van der Waals surface area contributed by atoms with Crippen molar-refractivity contribution in [2.75, 3.05) is 32.7 Å². The molecule has 1 saturated carbocycles. The van der Waals surface area contributed by atoms with Crippen molar-refractivity contribution in [2.45, 2.75) is 76.7 Å². The normalized spacial score (nSPS) is 25.8. The van der Waals surface area contributed by atoms with Gasteiger partial charge in [0.1, 0.15) is 6.04 Å². The smallest absolute Gasteiger partial charge is 0.321 e. The van der Waals surface area contributed by atoms with Gasteiger partial charge in [-0.2, -0.15) is 0 Å². The van der Waals surface area contributed by atoms with Crippen LogP contribution in [0.2, 0.25) is 0 Å². The van der Waals surface area contributed by atoms with Gasteiger partial charge in [-0.05, 0) is 86.4 Å². The third kappa shape index (κ3) is 6.87. The fourth-order valence-electron chi connectivity index (χ4n) is 7.81. The predicted molar refractivity (Wildman–Crippen MR) is 155 cm³/mol. The second-order valence-corrected chi connectivity index (χ2v) is 12.6. The molecule has 4 nitrogen and oxygen atoms in total. The summed E-state index contributed by atoms with van der Waals surface area (Å²) in [7, 11) is 0. The third-order valence-corrected chi connectivity index (χ3v) is 10.1. The summed E-state index contributed by atoms with van der Waals surface area (Å²) in [5.74, 6) is 2.21. The molecule has 1 N–H and O–H groups in total. The molecule has 0 aromatic heterocycles. The van der Waals surface area contributed by atoms with Crippen LogP contribution in [0.25, 0.3) is 0 Å². The average molecular weight is 517 g/mol. The number of nitrogens with zero attached hydrogens (tertiary/aromatic N) is 2. The highest BCUT2D eigenvalue weighted by atomic mass is 16.4. The maximum atomic E-state index is 12.5. The number of aliphatic carboxylic acids is 1. The Hall–Kier alpha value is -2.17. The lowest BCUT2D eigenvalue weighted by Crippen LogP contribution is -2.46. The predicted octanol–water partition coefficient (Wildman–Crippen LogP) is 6.72. The molecule has 4 atom stereocenters. The number of hydrogen-bond acceptors (Lipinski definition) is 3. The SMILES string of the molecule is C[C@@H](CCc1ccccc1)C1CCN(C[C@H]2CN([C@@H](C(=O)O)C3CCCCC3)C[C@@H]2c2ccccc2)CC1. The maximum Gasteiger partial charge on any atom is 0.321 e. The monoisotopic (exact) mass is 516 g/mol. The van der Waals surface area contributed by atoms with Gasteiger partial charge in [0, 0.05) is 25.6 Å². The van der Waals surface area contributed by atoms with E-state index < -0.39 is 5.97 Å². The molecule has 0 amide bonds. The van der Waals surface area contributed by atoms with Crippen molar-refractivity contribution < 1.29 is 9.90 Å². The highest BCUT2D eigenvalue weighted by Crippen LogP contribution is 2.39. The van der Waals surface area contributed by atoms with E-state index in [0.29, 0.717) is 17.8 Å². The van der Waals surface area contributed by atoms with Crippen LogP contribution in [-0.2, 0) is 11.2 Å². The summed E-state index contributed by atoms with van der Waals surface area (Å²) in [5, 5.41) is 10.3. The highest BCUT2D eigenvalue weighted by Gasteiger charge is 2.43. The summed E-state index contributed by atoms with van der Waals surface area (Å²) in [4.78, 5) is 17.6. The standard InChI is InChI=1S/C34H48N2O2/c1-26(17-18-27-11-5-2-6-12-27)28-19-21-35(22-20-28)23-31-24-36(25-32(31)29-13-7-3-8-14-29)33(34(37)38)30-15-9-4-10-16-30/h2-3,5-8,11-14,26,28,30-33H,4,9-10,15-25H2,1H3,(H,37,38)/t26-,31-,32+,33+/m0/s1. The molecule has 2 aromatic rings. The molecule has 206 valence electrons. The van der Waals surface area contributed by atoms with Gasteiger partial charge >= 0.3 is 5.97 Å². The number of carboxylic acids is 1. The van der Waals surface area contributed by atoms with Crippen LogP contribution in [-0.4, -0.2) is 59.6 Å². The average Bonchev–Trinajstić information content (AvgIpc) is 3.36. The first-order chi connectivity index (χ1) is 18.6. The molecule has 0 bridgehead atoms. The molecule has 2 aromatic carbocycles. The molecule has 1 aliphatic carbocycles. The molecule has 2 heterocycles. The van der Waals surface area contributed by atoms with E-state index in [2.05, 4.69) is 77.4 Å². The second kappa shape index (κ2) is 13.3. The van der Waals surface area contributed by atoms with Gasteiger partial charge in [-0.25, -0.2) is 0 Å². The van der Waals surface area contributed by atoms with Crippen LogP contribution in [0.4, 0.5) is 0 Å². The van der Waals surface area contributed by atoms with E-state index in [9.17, 15) is 9.90 Å². The van der Waals surface area contributed by atoms with Crippen molar-refractivity contribution >= 4 is 5.97 Å².